The Labute approximate surface area is 79.8 Å². The second-order valence-corrected chi connectivity index (χ2v) is 4.17. The first kappa shape index (κ1) is 12.2. The molecule has 0 aromatic rings. The number of carbonyl (C=O) groups is 1. The van der Waals surface area contributed by atoms with Crippen molar-refractivity contribution in [2.75, 3.05) is 0 Å². The van der Waals surface area contributed by atoms with Gasteiger partial charge in [-0.15, -0.1) is 0 Å². The summed E-state index contributed by atoms with van der Waals surface area (Å²) in [7, 11) is 0. The highest BCUT2D eigenvalue weighted by molar-refractivity contribution is 5.88. The quantitative estimate of drug-likeness (QED) is 0.650. The van der Waals surface area contributed by atoms with E-state index >= 15 is 0 Å². The maximum atomic E-state index is 11.2. The summed E-state index contributed by atoms with van der Waals surface area (Å²) < 4.78 is 0. The molecule has 0 rings (SSSR count). The summed E-state index contributed by atoms with van der Waals surface area (Å²) in [6, 6.07) is 0. The molecule has 0 spiro atoms. The average molecular weight is 185 g/mol. The van der Waals surface area contributed by atoms with Gasteiger partial charge in [-0.05, 0) is 40.7 Å². The summed E-state index contributed by atoms with van der Waals surface area (Å²) in [5.41, 5.74) is -1.58. The predicted octanol–water partition coefficient (Wildman–Crippen LogP) is 1.23. The number of allylic oxidation sites excluding steroid dienone is 1. The Balaban J connectivity index is 4.43. The Bertz CT molecular complexity index is 211. The number of hydrogen-bond acceptors (Lipinski definition) is 2. The molecule has 2 N–H and O–H groups in total. The SMILES string of the molecule is C/C=C/C(=O)NC(C)(C)C(C)(C)O. The van der Waals surface area contributed by atoms with E-state index in [2.05, 4.69) is 5.32 Å². The molecule has 0 aromatic carbocycles. The van der Waals surface area contributed by atoms with Crippen LogP contribution in [0.3, 0.4) is 0 Å². The number of hydrogen-bond donors (Lipinski definition) is 2. The lowest BCUT2D eigenvalue weighted by atomic mass is 9.86. The number of amides is 1. The van der Waals surface area contributed by atoms with Crippen LogP contribution < -0.4 is 5.32 Å². The molecule has 3 heteroatoms. The van der Waals surface area contributed by atoms with E-state index < -0.39 is 11.1 Å². The molecule has 0 aliphatic rings. The molecule has 0 aromatic heterocycles. The molecule has 0 unspecified atom stereocenters. The molecule has 0 atom stereocenters. The predicted molar refractivity (Wildman–Crippen MR) is 53.3 cm³/mol. The molecule has 0 aliphatic heterocycles. The third kappa shape index (κ3) is 3.59. The summed E-state index contributed by atoms with van der Waals surface area (Å²) in [4.78, 5) is 11.2. The normalized spacial score (nSPS) is 13.4. The van der Waals surface area contributed by atoms with Crippen molar-refractivity contribution >= 4 is 5.91 Å². The van der Waals surface area contributed by atoms with Crippen LogP contribution in [0.25, 0.3) is 0 Å². The third-order valence-electron chi connectivity index (χ3n) is 2.28. The second-order valence-electron chi connectivity index (χ2n) is 4.17. The number of aliphatic hydroxyl groups is 1. The average Bonchev–Trinajstić information content (AvgIpc) is 1.83. The molecule has 0 fully saturated rings. The van der Waals surface area contributed by atoms with Gasteiger partial charge in [0, 0.05) is 0 Å². The van der Waals surface area contributed by atoms with Gasteiger partial charge in [0.15, 0.2) is 0 Å². The molecular weight excluding hydrogens is 166 g/mol. The highest BCUT2D eigenvalue weighted by Gasteiger charge is 2.35. The largest absolute Gasteiger partial charge is 0.388 e. The van der Waals surface area contributed by atoms with E-state index in [4.69, 9.17) is 0 Å². The molecule has 1 amide bonds. The molecule has 0 radical (unpaired) electrons. The summed E-state index contributed by atoms with van der Waals surface area (Å²) in [6.45, 7) is 8.69. The van der Waals surface area contributed by atoms with E-state index in [0.717, 1.165) is 0 Å². The third-order valence-corrected chi connectivity index (χ3v) is 2.28. The Kier molecular flexibility index (Phi) is 3.67. The minimum atomic E-state index is -0.940. The van der Waals surface area contributed by atoms with Crippen LogP contribution in [0.1, 0.15) is 34.6 Å². The highest BCUT2D eigenvalue weighted by Crippen LogP contribution is 2.20. The first-order chi connectivity index (χ1) is 5.70. The first-order valence-corrected chi connectivity index (χ1v) is 4.38. The van der Waals surface area contributed by atoms with E-state index in [0.29, 0.717) is 0 Å². The van der Waals surface area contributed by atoms with Crippen LogP contribution >= 0.6 is 0 Å². The van der Waals surface area contributed by atoms with Crippen molar-refractivity contribution in [1.82, 2.24) is 5.32 Å². The van der Waals surface area contributed by atoms with Gasteiger partial charge in [0.2, 0.25) is 5.91 Å². The highest BCUT2D eigenvalue weighted by atomic mass is 16.3. The van der Waals surface area contributed by atoms with Gasteiger partial charge in [-0.3, -0.25) is 4.79 Å². The maximum absolute atomic E-state index is 11.2. The minimum absolute atomic E-state index is 0.186. The molecule has 13 heavy (non-hydrogen) atoms. The Morgan fingerprint density at radius 1 is 1.31 bits per heavy atom. The fraction of sp³-hybridized carbons (Fsp3) is 0.700. The summed E-state index contributed by atoms with van der Waals surface area (Å²) in [6.07, 6.45) is 3.10. The van der Waals surface area contributed by atoms with Crippen molar-refractivity contribution in [2.45, 2.75) is 45.8 Å². The summed E-state index contributed by atoms with van der Waals surface area (Å²) >= 11 is 0. The van der Waals surface area contributed by atoms with Crippen LogP contribution in [0, 0.1) is 0 Å². The zero-order chi connectivity index (χ0) is 10.7. The van der Waals surface area contributed by atoms with Crippen LogP contribution in [-0.2, 0) is 4.79 Å². The van der Waals surface area contributed by atoms with Crippen molar-refractivity contribution in [3.8, 4) is 0 Å². The van der Waals surface area contributed by atoms with Gasteiger partial charge in [0.1, 0.15) is 0 Å². The van der Waals surface area contributed by atoms with E-state index in [1.54, 1.807) is 40.7 Å². The lowest BCUT2D eigenvalue weighted by molar-refractivity contribution is -0.121. The minimum Gasteiger partial charge on any atom is -0.388 e. The number of nitrogens with one attached hydrogen (secondary N) is 1. The zero-order valence-electron chi connectivity index (χ0n) is 9.01. The standard InChI is InChI=1S/C10H19NO2/c1-6-7-8(12)11-9(2,3)10(4,5)13/h6-7,13H,1-5H3,(H,11,12)/b7-6+. The van der Waals surface area contributed by atoms with Gasteiger partial charge >= 0.3 is 0 Å². The van der Waals surface area contributed by atoms with Crippen LogP contribution in [0.5, 0.6) is 0 Å². The fourth-order valence-electron chi connectivity index (χ4n) is 0.654. The van der Waals surface area contributed by atoms with Crippen LogP contribution in [0.4, 0.5) is 0 Å². The van der Waals surface area contributed by atoms with E-state index in [1.807, 2.05) is 0 Å². The van der Waals surface area contributed by atoms with Crippen molar-refractivity contribution < 1.29 is 9.90 Å². The van der Waals surface area contributed by atoms with Crippen molar-refractivity contribution in [2.24, 2.45) is 0 Å². The monoisotopic (exact) mass is 185 g/mol. The second kappa shape index (κ2) is 3.92. The molecule has 0 saturated heterocycles. The van der Waals surface area contributed by atoms with E-state index in [1.165, 1.54) is 6.08 Å². The molecule has 76 valence electrons. The van der Waals surface area contributed by atoms with Crippen molar-refractivity contribution in [3.05, 3.63) is 12.2 Å². The molecule has 0 saturated carbocycles. The molecule has 3 nitrogen and oxygen atoms in total. The van der Waals surface area contributed by atoms with E-state index in [9.17, 15) is 9.90 Å². The maximum Gasteiger partial charge on any atom is 0.244 e. The fourth-order valence-corrected chi connectivity index (χ4v) is 0.654. The Morgan fingerprint density at radius 3 is 2.08 bits per heavy atom. The first-order valence-electron chi connectivity index (χ1n) is 4.38. The van der Waals surface area contributed by atoms with Gasteiger partial charge in [-0.2, -0.15) is 0 Å². The van der Waals surface area contributed by atoms with Crippen LogP contribution in [0.15, 0.2) is 12.2 Å². The number of rotatable bonds is 3. The van der Waals surface area contributed by atoms with Crippen molar-refractivity contribution in [3.63, 3.8) is 0 Å². The zero-order valence-corrected chi connectivity index (χ0v) is 9.01. The van der Waals surface area contributed by atoms with Gasteiger partial charge in [0.25, 0.3) is 0 Å². The molecule has 0 aliphatic carbocycles. The summed E-state index contributed by atoms with van der Waals surface area (Å²) in [5.74, 6) is -0.186. The van der Waals surface area contributed by atoms with Gasteiger partial charge < -0.3 is 10.4 Å². The molecular formula is C10H19NO2. The van der Waals surface area contributed by atoms with Gasteiger partial charge in [0.05, 0.1) is 11.1 Å². The summed E-state index contributed by atoms with van der Waals surface area (Å²) in [5, 5.41) is 12.4. The van der Waals surface area contributed by atoms with Gasteiger partial charge in [-0.1, -0.05) is 6.08 Å². The lowest BCUT2D eigenvalue weighted by Crippen LogP contribution is -2.57. The smallest absolute Gasteiger partial charge is 0.244 e. The molecule has 0 heterocycles. The lowest BCUT2D eigenvalue weighted by Gasteiger charge is -2.37. The van der Waals surface area contributed by atoms with E-state index in [-0.39, 0.29) is 5.91 Å². The van der Waals surface area contributed by atoms with Gasteiger partial charge in [-0.25, -0.2) is 0 Å². The Hall–Kier alpha value is -0.830. The van der Waals surface area contributed by atoms with Crippen LogP contribution in [-0.4, -0.2) is 22.2 Å². The Morgan fingerprint density at radius 2 is 1.77 bits per heavy atom. The van der Waals surface area contributed by atoms with Crippen LogP contribution in [0.2, 0.25) is 0 Å². The molecule has 0 bridgehead atoms. The topological polar surface area (TPSA) is 49.3 Å². The van der Waals surface area contributed by atoms with Crippen molar-refractivity contribution in [1.29, 1.82) is 0 Å². The number of carbonyl (C=O) groups excluding carboxylic acids is 1.